The highest BCUT2D eigenvalue weighted by atomic mass is 35.5. The van der Waals surface area contributed by atoms with Gasteiger partial charge in [-0.25, -0.2) is 21.2 Å². The lowest BCUT2D eigenvalue weighted by atomic mass is 10.2. The van der Waals surface area contributed by atoms with Crippen LogP contribution < -0.4 is 9.44 Å². The van der Waals surface area contributed by atoms with E-state index in [2.05, 4.69) is 9.44 Å². The summed E-state index contributed by atoms with van der Waals surface area (Å²) in [6.45, 7) is 3.06. The minimum atomic E-state index is -4.20. The number of hydrogen-bond acceptors (Lipinski definition) is 4. The molecule has 0 fully saturated rings. The SMILES string of the molecule is Cc1c(Cl)cccc1S(=O)(=O)Nc1ccc(F)cc1NS(=O)(=O)c1cccc(Cl)c1C. The van der Waals surface area contributed by atoms with E-state index in [9.17, 15) is 21.2 Å². The number of benzene rings is 3. The van der Waals surface area contributed by atoms with Gasteiger partial charge in [0.25, 0.3) is 20.0 Å². The van der Waals surface area contributed by atoms with E-state index in [1.54, 1.807) is 6.07 Å². The first-order valence-corrected chi connectivity index (χ1v) is 12.5. The van der Waals surface area contributed by atoms with Crippen molar-refractivity contribution in [2.75, 3.05) is 9.44 Å². The predicted octanol–water partition coefficient (Wildman–Crippen LogP) is 5.35. The maximum absolute atomic E-state index is 13.9. The topological polar surface area (TPSA) is 92.3 Å². The fraction of sp³-hybridized carbons (Fsp3) is 0.100. The maximum atomic E-state index is 13.9. The fourth-order valence-corrected chi connectivity index (χ4v) is 6.00. The predicted molar refractivity (Wildman–Crippen MR) is 120 cm³/mol. The zero-order chi connectivity index (χ0) is 23.0. The van der Waals surface area contributed by atoms with Crippen molar-refractivity contribution in [1.82, 2.24) is 0 Å². The number of halogens is 3. The molecular weight excluding hydrogens is 486 g/mol. The lowest BCUT2D eigenvalue weighted by Crippen LogP contribution is -2.19. The summed E-state index contributed by atoms with van der Waals surface area (Å²) in [5.74, 6) is -0.762. The van der Waals surface area contributed by atoms with Gasteiger partial charge < -0.3 is 0 Å². The van der Waals surface area contributed by atoms with Crippen molar-refractivity contribution >= 4 is 54.6 Å². The third-order valence-corrected chi connectivity index (χ3v) is 8.32. The molecule has 0 spiro atoms. The second kappa shape index (κ2) is 8.66. The summed E-state index contributed by atoms with van der Waals surface area (Å²) in [7, 11) is -8.35. The van der Waals surface area contributed by atoms with Crippen LogP contribution in [0.15, 0.2) is 64.4 Å². The molecule has 0 amide bonds. The highest BCUT2D eigenvalue weighted by Gasteiger charge is 2.23. The lowest BCUT2D eigenvalue weighted by Gasteiger charge is -2.17. The zero-order valence-electron chi connectivity index (χ0n) is 16.3. The summed E-state index contributed by atoms with van der Waals surface area (Å²) < 4.78 is 70.0. The summed E-state index contributed by atoms with van der Waals surface area (Å²) in [5, 5.41) is 0.485. The summed E-state index contributed by atoms with van der Waals surface area (Å²) in [6.07, 6.45) is 0. The van der Waals surface area contributed by atoms with Gasteiger partial charge in [0.15, 0.2) is 0 Å². The Morgan fingerprint density at radius 1 is 0.710 bits per heavy atom. The molecule has 164 valence electrons. The van der Waals surface area contributed by atoms with Crippen LogP contribution in [0.25, 0.3) is 0 Å². The molecule has 0 aliphatic carbocycles. The molecule has 0 radical (unpaired) electrons. The minimum absolute atomic E-state index is 0.0937. The molecule has 0 unspecified atom stereocenters. The molecule has 3 aromatic carbocycles. The highest BCUT2D eigenvalue weighted by molar-refractivity contribution is 7.93. The van der Waals surface area contributed by atoms with Crippen molar-refractivity contribution in [2.45, 2.75) is 23.6 Å². The van der Waals surface area contributed by atoms with Crippen LogP contribution >= 0.6 is 23.2 Å². The molecule has 0 heterocycles. The Kier molecular flexibility index (Phi) is 6.52. The summed E-state index contributed by atoms with van der Waals surface area (Å²) in [4.78, 5) is -0.215. The van der Waals surface area contributed by atoms with Crippen LogP contribution in [0.3, 0.4) is 0 Å². The Morgan fingerprint density at radius 2 is 1.16 bits per heavy atom. The lowest BCUT2D eigenvalue weighted by molar-refractivity contribution is 0.598. The molecule has 0 aliphatic rings. The molecule has 0 aromatic heterocycles. The van der Waals surface area contributed by atoms with Crippen LogP contribution in [-0.2, 0) is 20.0 Å². The van der Waals surface area contributed by atoms with Crippen LogP contribution in [0.1, 0.15) is 11.1 Å². The van der Waals surface area contributed by atoms with Gasteiger partial charge in [-0.3, -0.25) is 9.44 Å². The van der Waals surface area contributed by atoms with Crippen molar-refractivity contribution in [3.63, 3.8) is 0 Å². The van der Waals surface area contributed by atoms with Gasteiger partial charge in [-0.2, -0.15) is 0 Å². The van der Waals surface area contributed by atoms with Crippen molar-refractivity contribution in [2.24, 2.45) is 0 Å². The number of rotatable bonds is 6. The standard InChI is InChI=1S/C20H17Cl2FN2O4S2/c1-12-15(21)5-3-7-19(12)30(26,27)24-17-10-9-14(23)11-18(17)25-31(28,29)20-8-4-6-16(22)13(20)2/h3-11,24-25H,1-2H3. The summed E-state index contributed by atoms with van der Waals surface area (Å²) in [5.41, 5.74) is 0.159. The molecule has 3 aromatic rings. The van der Waals surface area contributed by atoms with E-state index in [4.69, 9.17) is 23.2 Å². The summed E-state index contributed by atoms with van der Waals surface area (Å²) in [6, 6.07) is 11.7. The zero-order valence-corrected chi connectivity index (χ0v) is 19.4. The second-order valence-corrected chi connectivity index (χ2v) is 10.7. The van der Waals surface area contributed by atoms with Crippen molar-refractivity contribution in [3.8, 4) is 0 Å². The van der Waals surface area contributed by atoms with Crippen molar-refractivity contribution in [3.05, 3.63) is 81.6 Å². The van der Waals surface area contributed by atoms with Gasteiger partial charge in [0, 0.05) is 16.1 Å². The largest absolute Gasteiger partial charge is 0.277 e. The molecule has 3 rings (SSSR count). The van der Waals surface area contributed by atoms with Crippen molar-refractivity contribution < 1.29 is 21.2 Å². The van der Waals surface area contributed by atoms with Crippen LogP contribution in [-0.4, -0.2) is 16.8 Å². The van der Waals surface area contributed by atoms with Crippen molar-refractivity contribution in [1.29, 1.82) is 0 Å². The van der Waals surface area contributed by atoms with E-state index < -0.39 is 25.9 Å². The molecule has 6 nitrogen and oxygen atoms in total. The first-order chi connectivity index (χ1) is 14.4. The molecule has 0 saturated heterocycles. The van der Waals surface area contributed by atoms with Crippen LogP contribution in [0.4, 0.5) is 15.8 Å². The van der Waals surface area contributed by atoms with E-state index in [0.717, 1.165) is 18.2 Å². The third-order valence-electron chi connectivity index (χ3n) is 4.49. The van der Waals surface area contributed by atoms with Crippen LogP contribution in [0.2, 0.25) is 10.0 Å². The fourth-order valence-electron chi connectivity index (χ4n) is 2.85. The highest BCUT2D eigenvalue weighted by Crippen LogP contribution is 2.31. The van der Waals surface area contributed by atoms with E-state index in [0.29, 0.717) is 11.1 Å². The molecular formula is C20H17Cl2FN2O4S2. The van der Waals surface area contributed by atoms with E-state index >= 15 is 0 Å². The Labute approximate surface area is 190 Å². The van der Waals surface area contributed by atoms with E-state index in [-0.39, 0.29) is 31.2 Å². The number of sulfonamides is 2. The molecule has 0 atom stereocenters. The Bertz CT molecular complexity index is 1380. The molecule has 0 saturated carbocycles. The number of hydrogen-bond donors (Lipinski definition) is 2. The van der Waals surface area contributed by atoms with Gasteiger partial charge in [0.05, 0.1) is 21.2 Å². The molecule has 2 N–H and O–H groups in total. The normalized spacial score (nSPS) is 11.9. The van der Waals surface area contributed by atoms with Gasteiger partial charge in [0.2, 0.25) is 0 Å². The van der Waals surface area contributed by atoms with E-state index in [1.165, 1.54) is 44.2 Å². The van der Waals surface area contributed by atoms with Crippen LogP contribution in [0.5, 0.6) is 0 Å². The maximum Gasteiger partial charge on any atom is 0.262 e. The average molecular weight is 503 g/mol. The van der Waals surface area contributed by atoms with Gasteiger partial charge in [-0.05, 0) is 61.4 Å². The third kappa shape index (κ3) is 4.95. The van der Waals surface area contributed by atoms with E-state index in [1.807, 2.05) is 0 Å². The van der Waals surface area contributed by atoms with Crippen LogP contribution in [0, 0.1) is 19.7 Å². The first-order valence-electron chi connectivity index (χ1n) is 8.78. The number of anilines is 2. The molecule has 0 aliphatic heterocycles. The molecule has 31 heavy (non-hydrogen) atoms. The quantitative estimate of drug-likeness (QED) is 0.474. The van der Waals surface area contributed by atoms with Gasteiger partial charge in [0.1, 0.15) is 5.82 Å². The Hall–Kier alpha value is -2.33. The average Bonchev–Trinajstić information content (AvgIpc) is 2.67. The Balaban J connectivity index is 2.04. The summed E-state index contributed by atoms with van der Waals surface area (Å²) >= 11 is 12.0. The monoisotopic (exact) mass is 502 g/mol. The Morgan fingerprint density at radius 3 is 1.65 bits per heavy atom. The second-order valence-electron chi connectivity index (χ2n) is 6.63. The molecule has 0 bridgehead atoms. The smallest absolute Gasteiger partial charge is 0.262 e. The van der Waals surface area contributed by atoms with Gasteiger partial charge >= 0.3 is 0 Å². The minimum Gasteiger partial charge on any atom is -0.277 e. The molecule has 11 heteroatoms. The first kappa shape index (κ1) is 23.3. The van der Waals surface area contributed by atoms with Gasteiger partial charge in [-0.1, -0.05) is 35.3 Å². The number of nitrogens with one attached hydrogen (secondary N) is 2. The van der Waals surface area contributed by atoms with Gasteiger partial charge in [-0.15, -0.1) is 0 Å².